The Kier molecular flexibility index (Phi) is 2.47. The molecule has 0 aliphatic heterocycles. The highest BCUT2D eigenvalue weighted by Crippen LogP contribution is 2.31. The highest BCUT2D eigenvalue weighted by Gasteiger charge is 2.44. The van der Waals surface area contributed by atoms with Crippen LogP contribution in [0.25, 0.3) is 0 Å². The van der Waals surface area contributed by atoms with E-state index >= 15 is 0 Å². The molecular weight excluding hydrogens is 192 g/mol. The van der Waals surface area contributed by atoms with Crippen molar-refractivity contribution in [1.29, 1.82) is 0 Å². The lowest BCUT2D eigenvalue weighted by molar-refractivity contribution is -0.148. The van der Waals surface area contributed by atoms with Crippen molar-refractivity contribution < 1.29 is 19.8 Å². The summed E-state index contributed by atoms with van der Waals surface area (Å²) in [6.45, 7) is 0. The van der Waals surface area contributed by atoms with Crippen molar-refractivity contribution in [3.63, 3.8) is 0 Å². The van der Waals surface area contributed by atoms with E-state index in [4.69, 9.17) is 10.2 Å². The van der Waals surface area contributed by atoms with Crippen LogP contribution in [0.5, 0.6) is 0 Å². The molecule has 0 amide bonds. The third-order valence-corrected chi connectivity index (χ3v) is 2.47. The van der Waals surface area contributed by atoms with Crippen LogP contribution >= 0.6 is 12.6 Å². The van der Waals surface area contributed by atoms with Crippen molar-refractivity contribution >= 4 is 24.6 Å². The number of aliphatic carboxylic acids is 2. The molecule has 0 spiro atoms. The molecule has 2 unspecified atom stereocenters. The predicted octanol–water partition coefficient (Wildman–Crippen LogP) is 0.566. The number of carboxylic acids is 2. The first-order valence-electron chi connectivity index (χ1n) is 3.53. The number of allylic oxidation sites excluding steroid dienone is 2. The van der Waals surface area contributed by atoms with Crippen LogP contribution < -0.4 is 0 Å². The Morgan fingerprint density at radius 2 is 1.92 bits per heavy atom. The van der Waals surface area contributed by atoms with Crippen LogP contribution in [0.2, 0.25) is 0 Å². The van der Waals surface area contributed by atoms with Crippen LogP contribution in [0, 0.1) is 5.92 Å². The SMILES string of the molecule is O=C(O)C1C=CC=CC1(S)C(=O)O. The zero-order valence-corrected chi connectivity index (χ0v) is 7.44. The normalized spacial score (nSPS) is 31.6. The molecule has 0 aromatic carbocycles. The maximum absolute atomic E-state index is 10.8. The van der Waals surface area contributed by atoms with E-state index in [1.807, 2.05) is 0 Å². The Labute approximate surface area is 80.0 Å². The lowest BCUT2D eigenvalue weighted by Gasteiger charge is -2.26. The summed E-state index contributed by atoms with van der Waals surface area (Å²) >= 11 is 3.86. The summed E-state index contributed by atoms with van der Waals surface area (Å²) in [6.07, 6.45) is 5.54. The first kappa shape index (κ1) is 9.85. The highest BCUT2D eigenvalue weighted by atomic mass is 32.1. The Morgan fingerprint density at radius 3 is 2.31 bits per heavy atom. The van der Waals surface area contributed by atoms with Crippen molar-refractivity contribution in [3.05, 3.63) is 24.3 Å². The Bertz CT molecular complexity index is 307. The Balaban J connectivity index is 3.07. The molecule has 0 bridgehead atoms. The van der Waals surface area contributed by atoms with E-state index in [1.165, 1.54) is 24.3 Å². The number of hydrogen-bond acceptors (Lipinski definition) is 3. The standard InChI is InChI=1S/C8H8O4S/c9-6(10)5-3-1-2-4-8(5,13)7(11)12/h1-5,13H,(H,9,10)(H,11,12). The van der Waals surface area contributed by atoms with Gasteiger partial charge in [-0.15, -0.1) is 0 Å². The zero-order valence-electron chi connectivity index (χ0n) is 6.54. The molecule has 0 aromatic rings. The van der Waals surface area contributed by atoms with Gasteiger partial charge in [-0.1, -0.05) is 24.3 Å². The van der Waals surface area contributed by atoms with E-state index in [2.05, 4.69) is 12.6 Å². The van der Waals surface area contributed by atoms with E-state index in [0.29, 0.717) is 0 Å². The largest absolute Gasteiger partial charge is 0.481 e. The second-order valence-corrected chi connectivity index (χ2v) is 3.43. The molecule has 1 aliphatic carbocycles. The molecule has 1 aliphatic rings. The van der Waals surface area contributed by atoms with Crippen LogP contribution in [0.15, 0.2) is 24.3 Å². The summed E-state index contributed by atoms with van der Waals surface area (Å²) in [5.41, 5.74) is 0. The molecule has 0 radical (unpaired) electrons. The number of rotatable bonds is 2. The third kappa shape index (κ3) is 1.60. The van der Waals surface area contributed by atoms with Gasteiger partial charge in [-0.3, -0.25) is 9.59 Å². The number of carbonyl (C=O) groups is 2. The first-order valence-corrected chi connectivity index (χ1v) is 3.98. The Morgan fingerprint density at radius 1 is 1.31 bits per heavy atom. The maximum Gasteiger partial charge on any atom is 0.324 e. The first-order chi connectivity index (χ1) is 5.98. The topological polar surface area (TPSA) is 74.6 Å². The van der Waals surface area contributed by atoms with Gasteiger partial charge in [0.15, 0.2) is 0 Å². The summed E-state index contributed by atoms with van der Waals surface area (Å²) in [5, 5.41) is 17.5. The fourth-order valence-corrected chi connectivity index (χ4v) is 1.39. The minimum Gasteiger partial charge on any atom is -0.481 e. The minimum atomic E-state index is -1.64. The fourth-order valence-electron chi connectivity index (χ4n) is 1.10. The quantitative estimate of drug-likeness (QED) is 0.569. The second kappa shape index (κ2) is 3.26. The third-order valence-electron chi connectivity index (χ3n) is 1.85. The Hall–Kier alpha value is -1.23. The summed E-state index contributed by atoms with van der Waals surface area (Å²) < 4.78 is -1.64. The fraction of sp³-hybridized carbons (Fsp3) is 0.250. The highest BCUT2D eigenvalue weighted by molar-refractivity contribution is 7.83. The van der Waals surface area contributed by atoms with Crippen molar-refractivity contribution in [1.82, 2.24) is 0 Å². The molecule has 0 fully saturated rings. The monoisotopic (exact) mass is 200 g/mol. The lowest BCUT2D eigenvalue weighted by Crippen LogP contribution is -2.42. The van der Waals surface area contributed by atoms with Gasteiger partial charge in [0, 0.05) is 0 Å². The number of hydrogen-bond donors (Lipinski definition) is 3. The van der Waals surface area contributed by atoms with Crippen LogP contribution in [0.4, 0.5) is 0 Å². The molecular formula is C8H8O4S. The molecule has 5 heteroatoms. The summed E-state index contributed by atoms with van der Waals surface area (Å²) in [6, 6.07) is 0. The molecule has 4 nitrogen and oxygen atoms in total. The van der Waals surface area contributed by atoms with Gasteiger partial charge in [0.05, 0.1) is 0 Å². The maximum atomic E-state index is 10.8. The van der Waals surface area contributed by atoms with Crippen LogP contribution in [-0.2, 0) is 9.59 Å². The van der Waals surface area contributed by atoms with Crippen molar-refractivity contribution in [2.24, 2.45) is 5.92 Å². The lowest BCUT2D eigenvalue weighted by atomic mass is 9.87. The average Bonchev–Trinajstić information content (AvgIpc) is 2.04. The molecule has 0 heterocycles. The van der Waals surface area contributed by atoms with Gasteiger partial charge >= 0.3 is 11.9 Å². The molecule has 2 N–H and O–H groups in total. The number of thiol groups is 1. The molecule has 0 saturated carbocycles. The molecule has 0 saturated heterocycles. The average molecular weight is 200 g/mol. The summed E-state index contributed by atoms with van der Waals surface area (Å²) in [4.78, 5) is 21.4. The molecule has 70 valence electrons. The van der Waals surface area contributed by atoms with Crippen LogP contribution in [-0.4, -0.2) is 26.9 Å². The van der Waals surface area contributed by atoms with Crippen LogP contribution in [0.1, 0.15) is 0 Å². The van der Waals surface area contributed by atoms with Gasteiger partial charge in [-0.25, -0.2) is 0 Å². The van der Waals surface area contributed by atoms with Gasteiger partial charge in [-0.05, 0) is 0 Å². The predicted molar refractivity (Wildman–Crippen MR) is 48.8 cm³/mol. The van der Waals surface area contributed by atoms with Crippen molar-refractivity contribution in [3.8, 4) is 0 Å². The van der Waals surface area contributed by atoms with Crippen molar-refractivity contribution in [2.75, 3.05) is 0 Å². The van der Waals surface area contributed by atoms with E-state index < -0.39 is 22.6 Å². The van der Waals surface area contributed by atoms with Gasteiger partial charge in [-0.2, -0.15) is 12.6 Å². The van der Waals surface area contributed by atoms with E-state index in [0.717, 1.165) is 0 Å². The smallest absolute Gasteiger partial charge is 0.324 e. The van der Waals surface area contributed by atoms with Crippen LogP contribution in [0.3, 0.4) is 0 Å². The van der Waals surface area contributed by atoms with E-state index in [-0.39, 0.29) is 0 Å². The van der Waals surface area contributed by atoms with Gasteiger partial charge in [0.1, 0.15) is 10.7 Å². The molecule has 2 atom stereocenters. The molecule has 1 rings (SSSR count). The second-order valence-electron chi connectivity index (χ2n) is 2.69. The van der Waals surface area contributed by atoms with Gasteiger partial charge in [0.25, 0.3) is 0 Å². The summed E-state index contributed by atoms with van der Waals surface area (Å²) in [5.74, 6) is -3.58. The minimum absolute atomic E-state index is 1.13. The van der Waals surface area contributed by atoms with Crippen molar-refractivity contribution in [2.45, 2.75) is 4.75 Å². The van der Waals surface area contributed by atoms with Gasteiger partial charge < -0.3 is 10.2 Å². The summed E-state index contributed by atoms with van der Waals surface area (Å²) in [7, 11) is 0. The van der Waals surface area contributed by atoms with E-state index in [9.17, 15) is 9.59 Å². The van der Waals surface area contributed by atoms with Gasteiger partial charge in [0.2, 0.25) is 0 Å². The molecule has 0 aromatic heterocycles. The van der Waals surface area contributed by atoms with E-state index in [1.54, 1.807) is 0 Å². The molecule has 13 heavy (non-hydrogen) atoms. The number of carboxylic acid groups (broad SMARTS) is 2. The zero-order chi connectivity index (χ0) is 10.1.